The van der Waals surface area contributed by atoms with Crippen molar-refractivity contribution in [2.24, 2.45) is 5.41 Å². The molecule has 0 aromatic heterocycles. The summed E-state index contributed by atoms with van der Waals surface area (Å²) in [7, 11) is -0.186. The molecule has 296 valence electrons. The molecular formula is C18H11F27O4. The van der Waals surface area contributed by atoms with Crippen molar-refractivity contribution in [2.45, 2.75) is 72.4 Å². The van der Waals surface area contributed by atoms with Gasteiger partial charge in [0.25, 0.3) is 0 Å². The molecule has 0 saturated carbocycles. The summed E-state index contributed by atoms with van der Waals surface area (Å²) in [5.74, 6) is 0. The first-order valence-electron chi connectivity index (χ1n) is 10.9. The lowest BCUT2D eigenvalue weighted by atomic mass is 9.89. The Kier molecular flexibility index (Phi) is 12.6. The molecule has 0 aliphatic carbocycles. The third-order valence-corrected chi connectivity index (χ3v) is 5.83. The van der Waals surface area contributed by atoms with Crippen LogP contribution in [0.3, 0.4) is 0 Å². The number of ether oxygens (including phenoxy) is 4. The minimum atomic E-state index is -7.99. The molecule has 4 nitrogen and oxygen atoms in total. The SMILES string of the molecule is COCC(COC(C(F)(F)F)(C(F)(F)F)C(F)(F)F)(COC(C(F)(F)F)(C(F)(F)F)C(F)(F)F)COC(C(F)(F)F)(C(F)(F)F)C(F)(F)F. The zero-order valence-corrected chi connectivity index (χ0v) is 22.2. The van der Waals surface area contributed by atoms with Crippen molar-refractivity contribution in [1.29, 1.82) is 0 Å². The van der Waals surface area contributed by atoms with Gasteiger partial charge in [0.2, 0.25) is 0 Å². The normalized spacial score (nSPS) is 16.4. The summed E-state index contributed by atoms with van der Waals surface area (Å²) in [4.78, 5) is 0. The first-order valence-corrected chi connectivity index (χ1v) is 10.9. The zero-order valence-electron chi connectivity index (χ0n) is 22.2. The van der Waals surface area contributed by atoms with Crippen LogP contribution in [0.25, 0.3) is 0 Å². The average molecular weight is 804 g/mol. The molecule has 0 aliphatic rings. The van der Waals surface area contributed by atoms with E-state index in [0.29, 0.717) is 0 Å². The summed E-state index contributed by atoms with van der Waals surface area (Å²) in [6, 6.07) is 0. The van der Waals surface area contributed by atoms with Gasteiger partial charge >= 0.3 is 72.4 Å². The molecule has 0 unspecified atom stereocenters. The van der Waals surface area contributed by atoms with Crippen molar-refractivity contribution in [3.05, 3.63) is 0 Å². The zero-order chi connectivity index (χ0) is 40.2. The predicted molar refractivity (Wildman–Crippen MR) is 94.9 cm³/mol. The molecule has 0 spiro atoms. The molecule has 0 amide bonds. The lowest BCUT2D eigenvalue weighted by Crippen LogP contribution is -2.71. The fourth-order valence-corrected chi connectivity index (χ4v) is 3.52. The van der Waals surface area contributed by atoms with Crippen LogP contribution in [0.15, 0.2) is 0 Å². The van der Waals surface area contributed by atoms with Crippen LogP contribution in [0.5, 0.6) is 0 Å². The number of methoxy groups -OCH3 is 1. The molecule has 31 heteroatoms. The van der Waals surface area contributed by atoms with Gasteiger partial charge in [-0.05, 0) is 0 Å². The van der Waals surface area contributed by atoms with Crippen LogP contribution in [-0.4, -0.2) is 106 Å². The van der Waals surface area contributed by atoms with E-state index in [-0.39, 0.29) is 7.11 Å². The fraction of sp³-hybridized carbons (Fsp3) is 1.00. The maximum absolute atomic E-state index is 13.3. The van der Waals surface area contributed by atoms with E-state index in [4.69, 9.17) is 0 Å². The van der Waals surface area contributed by atoms with Gasteiger partial charge in [0.1, 0.15) is 0 Å². The first kappa shape index (κ1) is 46.9. The summed E-state index contributed by atoms with van der Waals surface area (Å²) in [6.07, 6.45) is -72.0. The van der Waals surface area contributed by atoms with Crippen molar-refractivity contribution < 1.29 is 137 Å². The summed E-state index contributed by atoms with van der Waals surface area (Å²) in [6.45, 7) is -14.6. The predicted octanol–water partition coefficient (Wildman–Crippen LogP) is 8.95. The van der Waals surface area contributed by atoms with E-state index in [1.54, 1.807) is 0 Å². The first-order chi connectivity index (χ1) is 20.9. The number of halogens is 27. The van der Waals surface area contributed by atoms with E-state index in [1.807, 2.05) is 0 Å². The van der Waals surface area contributed by atoms with Crippen molar-refractivity contribution in [2.75, 3.05) is 33.5 Å². The standard InChI is InChI=1S/C18H11F27O4/c1-46-2-6(3-47-7(10(19,20)21,11(22,23)24)12(25,26)27,4-48-8(13(28,29)30,14(31,32)33)15(34,35)36)5-49-9(16(37,38)39,17(40,41)42)18(43,44)45/h2-5H2,1H3. The van der Waals surface area contributed by atoms with Crippen LogP contribution < -0.4 is 0 Å². The monoisotopic (exact) mass is 804 g/mol. The van der Waals surface area contributed by atoms with Gasteiger partial charge in [0.05, 0.1) is 31.8 Å². The number of rotatable bonds is 11. The molecule has 0 heterocycles. The van der Waals surface area contributed by atoms with Gasteiger partial charge in [-0.3, -0.25) is 0 Å². The average Bonchev–Trinajstić information content (AvgIpc) is 2.71. The van der Waals surface area contributed by atoms with Gasteiger partial charge < -0.3 is 18.9 Å². The Bertz CT molecular complexity index is 836. The lowest BCUT2D eigenvalue weighted by Gasteiger charge is -2.45. The van der Waals surface area contributed by atoms with Crippen LogP contribution in [-0.2, 0) is 18.9 Å². The van der Waals surface area contributed by atoms with Crippen LogP contribution in [0.4, 0.5) is 119 Å². The molecular weight excluding hydrogens is 793 g/mol. The summed E-state index contributed by atoms with van der Waals surface area (Å²) >= 11 is 0. The highest BCUT2D eigenvalue weighted by molar-refractivity contribution is 5.06. The molecule has 0 bridgehead atoms. The second kappa shape index (κ2) is 13.2. The fourth-order valence-electron chi connectivity index (χ4n) is 3.52. The Hall–Kier alpha value is -2.05. The summed E-state index contributed by atoms with van der Waals surface area (Å²) in [5, 5.41) is 0. The minimum absolute atomic E-state index is 0.186. The summed E-state index contributed by atoms with van der Waals surface area (Å²) in [5.41, 5.74) is -28.6. The topological polar surface area (TPSA) is 36.9 Å². The molecule has 0 N–H and O–H groups in total. The maximum atomic E-state index is 13.3. The van der Waals surface area contributed by atoms with E-state index in [9.17, 15) is 119 Å². The molecule has 0 atom stereocenters. The van der Waals surface area contributed by atoms with Crippen LogP contribution in [0, 0.1) is 5.41 Å². The third-order valence-electron chi connectivity index (χ3n) is 5.83. The van der Waals surface area contributed by atoms with Crippen molar-refractivity contribution >= 4 is 0 Å². The summed E-state index contributed by atoms with van der Waals surface area (Å²) < 4.78 is 370. The Morgan fingerprint density at radius 3 is 0.510 bits per heavy atom. The second-order valence-electron chi connectivity index (χ2n) is 9.32. The lowest BCUT2D eigenvalue weighted by molar-refractivity contribution is -0.474. The number of hydrogen-bond acceptors (Lipinski definition) is 4. The van der Waals surface area contributed by atoms with E-state index >= 15 is 0 Å². The Morgan fingerprint density at radius 2 is 0.408 bits per heavy atom. The Balaban J connectivity index is 8.08. The van der Waals surface area contributed by atoms with Crippen LogP contribution in [0.1, 0.15) is 0 Å². The highest BCUT2D eigenvalue weighted by Gasteiger charge is 2.88. The van der Waals surface area contributed by atoms with E-state index in [2.05, 4.69) is 18.9 Å². The van der Waals surface area contributed by atoms with Crippen LogP contribution >= 0.6 is 0 Å². The van der Waals surface area contributed by atoms with Crippen LogP contribution in [0.2, 0.25) is 0 Å². The molecule has 49 heavy (non-hydrogen) atoms. The van der Waals surface area contributed by atoms with Gasteiger partial charge in [-0.15, -0.1) is 0 Å². The molecule has 0 aromatic rings. The van der Waals surface area contributed by atoms with E-state index < -0.39 is 104 Å². The second-order valence-corrected chi connectivity index (χ2v) is 9.32. The highest BCUT2D eigenvalue weighted by Crippen LogP contribution is 2.59. The Labute approximate surface area is 250 Å². The molecule has 0 rings (SSSR count). The van der Waals surface area contributed by atoms with Crippen molar-refractivity contribution in [3.63, 3.8) is 0 Å². The molecule has 0 saturated heterocycles. The highest BCUT2D eigenvalue weighted by atomic mass is 19.5. The molecule has 0 radical (unpaired) electrons. The minimum Gasteiger partial charge on any atom is -0.384 e. The largest absolute Gasteiger partial charge is 0.435 e. The van der Waals surface area contributed by atoms with Gasteiger partial charge in [0.15, 0.2) is 0 Å². The number of alkyl halides is 27. The van der Waals surface area contributed by atoms with Gasteiger partial charge in [-0.1, -0.05) is 0 Å². The smallest absolute Gasteiger partial charge is 0.384 e. The van der Waals surface area contributed by atoms with Gasteiger partial charge in [0, 0.05) is 7.11 Å². The molecule has 0 aliphatic heterocycles. The molecule has 0 aromatic carbocycles. The number of hydrogen-bond donors (Lipinski definition) is 0. The van der Waals surface area contributed by atoms with E-state index in [0.717, 1.165) is 0 Å². The van der Waals surface area contributed by atoms with Gasteiger partial charge in [-0.2, -0.15) is 119 Å². The van der Waals surface area contributed by atoms with Gasteiger partial charge in [-0.25, -0.2) is 0 Å². The molecule has 0 fully saturated rings. The van der Waals surface area contributed by atoms with E-state index in [1.165, 1.54) is 0 Å². The van der Waals surface area contributed by atoms with Crippen molar-refractivity contribution in [3.8, 4) is 0 Å². The maximum Gasteiger partial charge on any atom is 0.435 e. The quantitative estimate of drug-likeness (QED) is 0.196. The van der Waals surface area contributed by atoms with Crippen molar-refractivity contribution in [1.82, 2.24) is 0 Å². The Morgan fingerprint density at radius 1 is 0.265 bits per heavy atom. The third kappa shape index (κ3) is 8.21.